The van der Waals surface area contributed by atoms with E-state index in [0.717, 1.165) is 0 Å². The lowest BCUT2D eigenvalue weighted by Crippen LogP contribution is -2.63. The molecular weight excluding hydrogens is 330 g/mol. The normalized spacial score (nSPS) is 14.4. The molecule has 0 saturated carbocycles. The summed E-state index contributed by atoms with van der Waals surface area (Å²) in [6, 6.07) is 8.66. The molecular formula is C17H23NO7. The molecule has 2 atom stereocenters. The molecule has 1 rings (SSSR count). The molecule has 0 saturated heterocycles. The molecule has 0 aliphatic heterocycles. The third kappa shape index (κ3) is 5.54. The van der Waals surface area contributed by atoms with Gasteiger partial charge >= 0.3 is 11.9 Å². The lowest BCUT2D eigenvalue weighted by molar-refractivity contribution is -0.168. The highest BCUT2D eigenvalue weighted by Crippen LogP contribution is 2.21. The molecule has 8 heteroatoms. The second-order valence-corrected chi connectivity index (χ2v) is 6.06. The first kappa shape index (κ1) is 20.6. The number of esters is 1. The SMILES string of the molecule is CC(C)C[C@](NC(=O)[C@@H](O)CO)(C(=O)O)C(=O)OCc1ccccc1. The van der Waals surface area contributed by atoms with Crippen LogP contribution in [0.3, 0.4) is 0 Å². The zero-order chi connectivity index (χ0) is 19.0. The van der Waals surface area contributed by atoms with Gasteiger partial charge in [-0.2, -0.15) is 0 Å². The summed E-state index contributed by atoms with van der Waals surface area (Å²) in [7, 11) is 0. The third-order valence-electron chi connectivity index (χ3n) is 3.45. The molecule has 1 amide bonds. The van der Waals surface area contributed by atoms with Gasteiger partial charge in [0.05, 0.1) is 6.61 Å². The van der Waals surface area contributed by atoms with Crippen molar-refractivity contribution in [2.45, 2.75) is 38.5 Å². The minimum absolute atomic E-state index is 0.161. The van der Waals surface area contributed by atoms with Crippen molar-refractivity contribution in [1.82, 2.24) is 5.32 Å². The first-order chi connectivity index (χ1) is 11.7. The fourth-order valence-electron chi connectivity index (χ4n) is 2.25. The standard InChI is InChI=1S/C17H23NO7/c1-11(2)8-17(15(22)23,18-14(21)13(20)9-19)16(24)25-10-12-6-4-3-5-7-12/h3-7,11,13,19-20H,8-10H2,1-2H3,(H,18,21)(H,22,23)/t13-,17-/m0/s1. The van der Waals surface area contributed by atoms with E-state index in [0.29, 0.717) is 5.56 Å². The maximum atomic E-state index is 12.5. The van der Waals surface area contributed by atoms with Gasteiger partial charge in [0, 0.05) is 0 Å². The van der Waals surface area contributed by atoms with Crippen LogP contribution >= 0.6 is 0 Å². The molecule has 0 aromatic heterocycles. The van der Waals surface area contributed by atoms with Gasteiger partial charge in [-0.3, -0.25) is 4.79 Å². The molecule has 25 heavy (non-hydrogen) atoms. The van der Waals surface area contributed by atoms with Crippen molar-refractivity contribution in [3.8, 4) is 0 Å². The molecule has 8 nitrogen and oxygen atoms in total. The molecule has 0 bridgehead atoms. The number of carboxylic acids is 1. The number of carbonyl (C=O) groups is 3. The predicted molar refractivity (Wildman–Crippen MR) is 87.3 cm³/mol. The van der Waals surface area contributed by atoms with Crippen LogP contribution in [0.5, 0.6) is 0 Å². The van der Waals surface area contributed by atoms with E-state index in [4.69, 9.17) is 9.84 Å². The summed E-state index contributed by atoms with van der Waals surface area (Å²) in [6.45, 7) is 2.29. The highest BCUT2D eigenvalue weighted by atomic mass is 16.5. The number of ether oxygens (including phenoxy) is 1. The largest absolute Gasteiger partial charge is 0.479 e. The van der Waals surface area contributed by atoms with Crippen molar-refractivity contribution in [3.63, 3.8) is 0 Å². The topological polar surface area (TPSA) is 133 Å². The first-order valence-electron chi connectivity index (χ1n) is 7.78. The molecule has 138 valence electrons. The molecule has 0 spiro atoms. The summed E-state index contributed by atoms with van der Waals surface area (Å²) in [4.78, 5) is 36.2. The quantitative estimate of drug-likeness (QED) is 0.365. The van der Waals surface area contributed by atoms with E-state index in [9.17, 15) is 24.6 Å². The van der Waals surface area contributed by atoms with Crippen LogP contribution < -0.4 is 5.32 Å². The Hall–Kier alpha value is -2.45. The van der Waals surface area contributed by atoms with Crippen LogP contribution in [0, 0.1) is 5.92 Å². The number of carboxylic acid groups (broad SMARTS) is 1. The molecule has 1 aromatic carbocycles. The van der Waals surface area contributed by atoms with Crippen molar-refractivity contribution < 1.29 is 34.4 Å². The van der Waals surface area contributed by atoms with Gasteiger partial charge in [-0.1, -0.05) is 44.2 Å². The molecule has 0 unspecified atom stereocenters. The second-order valence-electron chi connectivity index (χ2n) is 6.06. The molecule has 0 fully saturated rings. The monoisotopic (exact) mass is 353 g/mol. The Kier molecular flexibility index (Phi) is 7.53. The summed E-state index contributed by atoms with van der Waals surface area (Å²) >= 11 is 0. The average molecular weight is 353 g/mol. The molecule has 4 N–H and O–H groups in total. The van der Waals surface area contributed by atoms with E-state index in [-0.39, 0.29) is 18.9 Å². The minimum Gasteiger partial charge on any atom is -0.479 e. The number of aliphatic carboxylic acids is 1. The van der Waals surface area contributed by atoms with Crippen LogP contribution in [0.15, 0.2) is 30.3 Å². The maximum absolute atomic E-state index is 12.5. The summed E-state index contributed by atoms with van der Waals surface area (Å²) in [5, 5.41) is 29.8. The highest BCUT2D eigenvalue weighted by molar-refractivity contribution is 6.07. The van der Waals surface area contributed by atoms with Gasteiger partial charge in [0.2, 0.25) is 5.54 Å². The van der Waals surface area contributed by atoms with Gasteiger partial charge in [0.1, 0.15) is 6.61 Å². The van der Waals surface area contributed by atoms with Gasteiger partial charge in [-0.15, -0.1) is 0 Å². The number of amides is 1. The van der Waals surface area contributed by atoms with E-state index in [2.05, 4.69) is 0 Å². The van der Waals surface area contributed by atoms with E-state index < -0.39 is 36.1 Å². The number of hydrogen-bond donors (Lipinski definition) is 4. The number of aliphatic hydroxyl groups is 2. The summed E-state index contributed by atoms with van der Waals surface area (Å²) in [5.41, 5.74) is -1.70. The van der Waals surface area contributed by atoms with Gasteiger partial charge in [-0.25, -0.2) is 9.59 Å². The van der Waals surface area contributed by atoms with Crippen molar-refractivity contribution in [2.75, 3.05) is 6.61 Å². The van der Waals surface area contributed by atoms with Crippen molar-refractivity contribution in [3.05, 3.63) is 35.9 Å². The number of benzene rings is 1. The Morgan fingerprint density at radius 3 is 2.28 bits per heavy atom. The van der Waals surface area contributed by atoms with Crippen LogP contribution in [0.25, 0.3) is 0 Å². The number of hydrogen-bond acceptors (Lipinski definition) is 6. The lowest BCUT2D eigenvalue weighted by atomic mass is 9.88. The molecule has 0 heterocycles. The van der Waals surface area contributed by atoms with Gasteiger partial charge in [0.15, 0.2) is 6.10 Å². The zero-order valence-corrected chi connectivity index (χ0v) is 14.1. The summed E-state index contributed by atoms with van der Waals surface area (Å²) < 4.78 is 5.09. The smallest absolute Gasteiger partial charge is 0.344 e. The Labute approximate surface area is 145 Å². The molecule has 0 aliphatic carbocycles. The second kappa shape index (κ2) is 9.14. The summed E-state index contributed by atoms with van der Waals surface area (Å²) in [5.74, 6) is -4.18. The van der Waals surface area contributed by atoms with E-state index in [1.165, 1.54) is 0 Å². The molecule has 1 aromatic rings. The van der Waals surface area contributed by atoms with Crippen LogP contribution in [0.4, 0.5) is 0 Å². The van der Waals surface area contributed by atoms with Crippen molar-refractivity contribution >= 4 is 17.8 Å². The van der Waals surface area contributed by atoms with E-state index >= 15 is 0 Å². The Morgan fingerprint density at radius 1 is 1.20 bits per heavy atom. The fraction of sp³-hybridized carbons (Fsp3) is 0.471. The number of carbonyl (C=O) groups excluding carboxylic acids is 2. The fourth-order valence-corrected chi connectivity index (χ4v) is 2.25. The van der Waals surface area contributed by atoms with E-state index in [1.54, 1.807) is 44.2 Å². The Morgan fingerprint density at radius 2 is 1.80 bits per heavy atom. The van der Waals surface area contributed by atoms with Crippen LogP contribution in [0.2, 0.25) is 0 Å². The predicted octanol–water partition coefficient (Wildman–Crippen LogP) is 0.0687. The number of nitrogens with one attached hydrogen (secondary N) is 1. The van der Waals surface area contributed by atoms with Crippen molar-refractivity contribution in [1.29, 1.82) is 0 Å². The Balaban J connectivity index is 3.04. The highest BCUT2D eigenvalue weighted by Gasteiger charge is 2.50. The summed E-state index contributed by atoms with van der Waals surface area (Å²) in [6.07, 6.45) is -2.08. The van der Waals surface area contributed by atoms with E-state index in [1.807, 2.05) is 5.32 Å². The third-order valence-corrected chi connectivity index (χ3v) is 3.45. The van der Waals surface area contributed by atoms with Gasteiger partial charge in [-0.05, 0) is 17.9 Å². The van der Waals surface area contributed by atoms with Crippen LogP contribution in [-0.4, -0.2) is 51.4 Å². The Bertz CT molecular complexity index is 602. The zero-order valence-electron chi connectivity index (χ0n) is 14.1. The average Bonchev–Trinajstić information content (AvgIpc) is 2.58. The number of rotatable bonds is 9. The molecule has 0 aliphatic rings. The first-order valence-corrected chi connectivity index (χ1v) is 7.78. The van der Waals surface area contributed by atoms with Gasteiger partial charge < -0.3 is 25.4 Å². The number of aliphatic hydroxyl groups excluding tert-OH is 2. The lowest BCUT2D eigenvalue weighted by Gasteiger charge is -2.30. The molecule has 0 radical (unpaired) electrons. The van der Waals surface area contributed by atoms with Crippen molar-refractivity contribution in [2.24, 2.45) is 5.92 Å². The maximum Gasteiger partial charge on any atom is 0.344 e. The minimum atomic E-state index is -2.35. The van der Waals surface area contributed by atoms with Crippen LogP contribution in [-0.2, 0) is 25.7 Å². The van der Waals surface area contributed by atoms with Crippen LogP contribution in [0.1, 0.15) is 25.8 Å². The van der Waals surface area contributed by atoms with Gasteiger partial charge in [0.25, 0.3) is 5.91 Å².